The smallest absolute Gasteiger partial charge is 0.267 e. The van der Waals surface area contributed by atoms with Crippen molar-refractivity contribution in [3.8, 4) is 0 Å². The number of amides is 1. The van der Waals surface area contributed by atoms with Gasteiger partial charge in [-0.3, -0.25) is 14.5 Å². The first-order valence-electron chi connectivity index (χ1n) is 9.89. The lowest BCUT2D eigenvalue weighted by atomic mass is 9.83. The highest BCUT2D eigenvalue weighted by atomic mass is 32.2. The van der Waals surface area contributed by atoms with Crippen molar-refractivity contribution in [2.24, 2.45) is 5.92 Å². The molecule has 6 nitrogen and oxygen atoms in total. The Morgan fingerprint density at radius 1 is 1.25 bits per heavy atom. The number of thioether (sulfide) groups is 1. The fourth-order valence-corrected chi connectivity index (χ4v) is 6.13. The average molecular weight is 418 g/mol. The normalized spacial score (nSPS) is 31.0. The van der Waals surface area contributed by atoms with E-state index in [4.69, 9.17) is 17.0 Å². The van der Waals surface area contributed by atoms with Crippen LogP contribution in [0.2, 0.25) is 0 Å². The highest BCUT2D eigenvalue weighted by Gasteiger charge is 2.37. The fraction of sp³-hybridized carbons (Fsp3) is 0.550. The molecule has 5 heterocycles. The van der Waals surface area contributed by atoms with Crippen LogP contribution in [0.15, 0.2) is 34.1 Å². The number of carbonyl (C=O) groups excluding carboxylic acids is 1. The van der Waals surface area contributed by atoms with Gasteiger partial charge in [0.15, 0.2) is 0 Å². The first-order valence-corrected chi connectivity index (χ1v) is 11.1. The van der Waals surface area contributed by atoms with Gasteiger partial charge in [0.1, 0.15) is 4.32 Å². The number of pyridine rings is 1. The number of rotatable bonds is 3. The minimum Gasteiger partial charge on any atom is -0.376 e. The lowest BCUT2D eigenvalue weighted by Gasteiger charge is -2.42. The van der Waals surface area contributed by atoms with Crippen molar-refractivity contribution in [3.05, 3.63) is 45.4 Å². The summed E-state index contributed by atoms with van der Waals surface area (Å²) in [5, 5.41) is 0. The number of piperidine rings is 1. The highest BCUT2D eigenvalue weighted by Crippen LogP contribution is 2.37. The van der Waals surface area contributed by atoms with E-state index in [-0.39, 0.29) is 17.6 Å². The van der Waals surface area contributed by atoms with E-state index in [0.717, 1.165) is 51.2 Å². The van der Waals surface area contributed by atoms with Crippen molar-refractivity contribution in [1.29, 1.82) is 0 Å². The number of hydrogen-bond acceptors (Lipinski definition) is 6. The first-order chi connectivity index (χ1) is 13.6. The van der Waals surface area contributed by atoms with Gasteiger partial charge in [0.2, 0.25) is 0 Å². The molecule has 0 saturated carbocycles. The van der Waals surface area contributed by atoms with E-state index in [1.807, 2.05) is 16.8 Å². The van der Waals surface area contributed by atoms with Crippen LogP contribution < -0.4 is 5.56 Å². The van der Waals surface area contributed by atoms with Gasteiger partial charge in [-0.2, -0.15) is 0 Å². The van der Waals surface area contributed by atoms with Crippen LogP contribution in [0.1, 0.15) is 30.9 Å². The molecule has 1 amide bonds. The van der Waals surface area contributed by atoms with Crippen molar-refractivity contribution in [1.82, 2.24) is 14.4 Å². The second kappa shape index (κ2) is 7.31. The molecule has 3 atom stereocenters. The molecule has 5 rings (SSSR count). The van der Waals surface area contributed by atoms with Crippen molar-refractivity contribution in [2.45, 2.75) is 37.8 Å². The predicted molar refractivity (Wildman–Crippen MR) is 112 cm³/mol. The van der Waals surface area contributed by atoms with Gasteiger partial charge < -0.3 is 14.2 Å². The van der Waals surface area contributed by atoms with Gasteiger partial charge >= 0.3 is 0 Å². The number of ether oxygens (including phenoxy) is 1. The maximum absolute atomic E-state index is 12.9. The second-order valence-electron chi connectivity index (χ2n) is 8.06. The van der Waals surface area contributed by atoms with Gasteiger partial charge in [0, 0.05) is 50.1 Å². The third-order valence-electron chi connectivity index (χ3n) is 6.09. The van der Waals surface area contributed by atoms with Crippen molar-refractivity contribution >= 4 is 34.2 Å². The van der Waals surface area contributed by atoms with Gasteiger partial charge in [-0.15, -0.1) is 0 Å². The Labute approximate surface area is 173 Å². The zero-order valence-electron chi connectivity index (χ0n) is 15.6. The van der Waals surface area contributed by atoms with E-state index < -0.39 is 0 Å². The van der Waals surface area contributed by atoms with Crippen molar-refractivity contribution in [2.75, 3.05) is 26.2 Å². The van der Waals surface area contributed by atoms with Crippen LogP contribution in [0.5, 0.6) is 0 Å². The molecular formula is C20H23N3O3S2. The Kier molecular flexibility index (Phi) is 4.80. The zero-order chi connectivity index (χ0) is 19.3. The van der Waals surface area contributed by atoms with Crippen LogP contribution >= 0.6 is 24.0 Å². The molecule has 8 heteroatoms. The molecule has 4 aliphatic rings. The van der Waals surface area contributed by atoms with Crippen LogP contribution in [0.3, 0.4) is 0 Å². The molecule has 28 heavy (non-hydrogen) atoms. The summed E-state index contributed by atoms with van der Waals surface area (Å²) in [4.78, 5) is 29.7. The molecule has 0 unspecified atom stereocenters. The Balaban J connectivity index is 1.32. The van der Waals surface area contributed by atoms with Gasteiger partial charge in [-0.1, -0.05) is 30.0 Å². The van der Waals surface area contributed by atoms with E-state index in [0.29, 0.717) is 27.6 Å². The van der Waals surface area contributed by atoms with Crippen LogP contribution in [0.25, 0.3) is 0 Å². The summed E-state index contributed by atoms with van der Waals surface area (Å²) in [7, 11) is 0. The molecular weight excluding hydrogens is 394 g/mol. The number of aromatic nitrogens is 1. The van der Waals surface area contributed by atoms with Gasteiger partial charge in [-0.25, -0.2) is 0 Å². The lowest BCUT2D eigenvalue weighted by Crippen LogP contribution is -2.45. The number of thiocarbonyl (C=S) groups is 1. The molecule has 4 aliphatic heterocycles. The molecule has 2 bridgehead atoms. The largest absolute Gasteiger partial charge is 0.376 e. The first kappa shape index (κ1) is 18.4. The summed E-state index contributed by atoms with van der Waals surface area (Å²) in [5.41, 5.74) is 1.21. The number of likely N-dealkylation sites (tertiary alicyclic amines) is 1. The molecule has 0 aliphatic carbocycles. The summed E-state index contributed by atoms with van der Waals surface area (Å²) in [6, 6.07) is 5.55. The van der Waals surface area contributed by atoms with Crippen LogP contribution in [-0.4, -0.2) is 56.9 Å². The molecule has 1 aromatic rings. The summed E-state index contributed by atoms with van der Waals surface area (Å²) in [5.74, 6) is 0.757. The summed E-state index contributed by atoms with van der Waals surface area (Å²) < 4.78 is 8.22. The standard InChI is InChI=1S/C20H23N3O3S2/c24-18-5-1-4-16-14-7-13(9-22(16)18)8-21(10-14)12-17-19(25)23(20(27)28-17)11-15-3-2-6-26-15/h1,4-5,12-15H,2-3,6-11H2/b17-12-/t13-,14+,15+/m0/s1. The van der Waals surface area contributed by atoms with E-state index in [2.05, 4.69) is 11.0 Å². The van der Waals surface area contributed by atoms with Crippen LogP contribution in [0, 0.1) is 5.92 Å². The molecule has 3 saturated heterocycles. The van der Waals surface area contributed by atoms with E-state index in [9.17, 15) is 9.59 Å². The second-order valence-corrected chi connectivity index (χ2v) is 9.74. The van der Waals surface area contributed by atoms with Crippen LogP contribution in [0.4, 0.5) is 0 Å². The SMILES string of the molecule is O=C1/C(=C/N2C[C@@H]3C[C@H](C2)c2cccc(=O)n2C3)SC(=S)N1C[C@H]1CCCO1. The Hall–Kier alpha value is -1.64. The number of carbonyl (C=O) groups is 1. The molecule has 148 valence electrons. The lowest BCUT2D eigenvalue weighted by molar-refractivity contribution is -0.123. The molecule has 3 fully saturated rings. The Bertz CT molecular complexity index is 906. The third-order valence-corrected chi connectivity index (χ3v) is 7.46. The van der Waals surface area contributed by atoms with E-state index in [1.165, 1.54) is 11.8 Å². The van der Waals surface area contributed by atoms with E-state index >= 15 is 0 Å². The molecule has 0 radical (unpaired) electrons. The zero-order valence-corrected chi connectivity index (χ0v) is 17.2. The van der Waals surface area contributed by atoms with Crippen molar-refractivity contribution in [3.63, 3.8) is 0 Å². The highest BCUT2D eigenvalue weighted by molar-refractivity contribution is 8.26. The maximum Gasteiger partial charge on any atom is 0.267 e. The summed E-state index contributed by atoms with van der Waals surface area (Å²) in [6.45, 7) is 3.79. The van der Waals surface area contributed by atoms with E-state index in [1.54, 1.807) is 11.0 Å². The number of fused-ring (bicyclic) bond motifs is 4. The third kappa shape index (κ3) is 3.31. The molecule has 0 N–H and O–H groups in total. The monoisotopic (exact) mass is 417 g/mol. The topological polar surface area (TPSA) is 54.8 Å². The Morgan fingerprint density at radius 2 is 2.14 bits per heavy atom. The molecule has 0 spiro atoms. The minimum atomic E-state index is -0.00199. The van der Waals surface area contributed by atoms with Gasteiger partial charge in [0.05, 0.1) is 17.6 Å². The maximum atomic E-state index is 12.9. The summed E-state index contributed by atoms with van der Waals surface area (Å²) in [6.07, 6.45) is 5.24. The Morgan fingerprint density at radius 3 is 2.96 bits per heavy atom. The molecule has 0 aromatic carbocycles. The van der Waals surface area contributed by atoms with Gasteiger partial charge in [0.25, 0.3) is 11.5 Å². The number of nitrogens with zero attached hydrogens (tertiary/aromatic N) is 3. The fourth-order valence-electron chi connectivity index (χ4n) is 4.84. The number of hydrogen-bond donors (Lipinski definition) is 0. The van der Waals surface area contributed by atoms with Gasteiger partial charge in [-0.05, 0) is 31.2 Å². The minimum absolute atomic E-state index is 0.00199. The predicted octanol–water partition coefficient (Wildman–Crippen LogP) is 2.15. The quantitative estimate of drug-likeness (QED) is 0.555. The summed E-state index contributed by atoms with van der Waals surface area (Å²) >= 11 is 6.85. The van der Waals surface area contributed by atoms with Crippen molar-refractivity contribution < 1.29 is 9.53 Å². The molecule has 1 aromatic heterocycles. The average Bonchev–Trinajstić information content (AvgIpc) is 3.27. The van der Waals surface area contributed by atoms with Crippen LogP contribution in [-0.2, 0) is 16.1 Å².